The van der Waals surface area contributed by atoms with Crippen molar-refractivity contribution in [2.45, 2.75) is 62.9 Å². The highest BCUT2D eigenvalue weighted by Gasteiger charge is 2.54. The Morgan fingerprint density at radius 3 is 2.17 bits per heavy atom. The molecule has 0 radical (unpaired) electrons. The Morgan fingerprint density at radius 1 is 0.817 bits per heavy atom. The minimum atomic E-state index is -1.01. The summed E-state index contributed by atoms with van der Waals surface area (Å²) in [7, 11) is 0. The van der Waals surface area contributed by atoms with Gasteiger partial charge in [-0.3, -0.25) is 19.7 Å². The second-order valence-electron chi connectivity index (χ2n) is 17.4. The van der Waals surface area contributed by atoms with E-state index in [0.29, 0.717) is 67.6 Å². The van der Waals surface area contributed by atoms with Crippen molar-refractivity contribution in [3.8, 4) is 22.8 Å². The van der Waals surface area contributed by atoms with Gasteiger partial charge in [0.25, 0.3) is 5.91 Å². The summed E-state index contributed by atoms with van der Waals surface area (Å²) < 4.78 is 37.1. The molecule has 0 saturated carbocycles. The Labute approximate surface area is 348 Å². The standard InChI is InChI=1S/C46H51F2N7O5/c47-37-24-32(25-38(48)42(37)36-10-11-41(57)50-43(36)58)53-18-12-31(13-19-53)28-52-20-14-45(15-21-52)29-55(30-45)44(59)46(60-34-6-2-1-3-7-34)16-22-54(23-17-46)33-26-39(51-49-27-33)35-8-4-5-9-40(35)56/h1-9,24-27,31,36,56H,10-23,28-30H2,(H,50,57,58)/t36-/m1/s1. The molecule has 6 heterocycles. The lowest BCUT2D eigenvalue weighted by molar-refractivity contribution is -0.166. The second kappa shape index (κ2) is 16.4. The molecule has 14 heteroatoms. The number of benzene rings is 3. The van der Waals surface area contributed by atoms with Gasteiger partial charge in [-0.25, -0.2) is 8.78 Å². The molecule has 3 aromatic carbocycles. The van der Waals surface area contributed by atoms with Gasteiger partial charge in [-0.2, -0.15) is 10.2 Å². The largest absolute Gasteiger partial charge is 0.507 e. The third kappa shape index (κ3) is 8.01. The van der Waals surface area contributed by atoms with E-state index in [0.717, 1.165) is 64.1 Å². The molecule has 60 heavy (non-hydrogen) atoms. The number of carbonyl (C=O) groups excluding carboxylic acids is 3. The Bertz CT molecular complexity index is 2210. The minimum Gasteiger partial charge on any atom is -0.507 e. The topological polar surface area (TPSA) is 131 Å². The van der Waals surface area contributed by atoms with Gasteiger partial charge in [-0.05, 0) is 93.6 Å². The van der Waals surface area contributed by atoms with Gasteiger partial charge >= 0.3 is 0 Å². The molecule has 5 aliphatic rings. The monoisotopic (exact) mass is 819 g/mol. The van der Waals surface area contributed by atoms with E-state index < -0.39 is 35.0 Å². The van der Waals surface area contributed by atoms with Crippen LogP contribution < -0.4 is 19.9 Å². The fourth-order valence-corrected chi connectivity index (χ4v) is 10.1. The maximum atomic E-state index is 15.2. The first kappa shape index (κ1) is 39.8. The number of aromatic hydroxyl groups is 1. The summed E-state index contributed by atoms with van der Waals surface area (Å²) in [5, 5.41) is 21.1. The first-order valence-corrected chi connectivity index (χ1v) is 21.3. The van der Waals surface area contributed by atoms with Crippen LogP contribution in [-0.2, 0) is 14.4 Å². The number of imide groups is 1. The summed E-state index contributed by atoms with van der Waals surface area (Å²) in [4.78, 5) is 47.1. The molecule has 0 aliphatic carbocycles. The predicted octanol–water partition coefficient (Wildman–Crippen LogP) is 5.91. The van der Waals surface area contributed by atoms with Gasteiger partial charge in [-0.15, -0.1) is 0 Å². The molecule has 12 nitrogen and oxygen atoms in total. The fraction of sp³-hybridized carbons (Fsp3) is 0.457. The van der Waals surface area contributed by atoms with Crippen LogP contribution in [0.3, 0.4) is 0 Å². The quantitative estimate of drug-likeness (QED) is 0.197. The molecule has 0 bridgehead atoms. The third-order valence-electron chi connectivity index (χ3n) is 13.6. The van der Waals surface area contributed by atoms with E-state index in [9.17, 15) is 19.5 Å². The van der Waals surface area contributed by atoms with Crippen molar-refractivity contribution in [2.75, 3.05) is 68.7 Å². The van der Waals surface area contributed by atoms with E-state index in [1.807, 2.05) is 58.3 Å². The van der Waals surface area contributed by atoms with Crippen LogP contribution in [0, 0.1) is 23.0 Å². The number of rotatable bonds is 9. The van der Waals surface area contributed by atoms with Crippen molar-refractivity contribution in [1.82, 2.24) is 25.3 Å². The smallest absolute Gasteiger partial charge is 0.266 e. The Morgan fingerprint density at radius 2 is 1.48 bits per heavy atom. The highest BCUT2D eigenvalue weighted by atomic mass is 19.1. The second-order valence-corrected chi connectivity index (χ2v) is 17.4. The molecule has 1 spiro atoms. The van der Waals surface area contributed by atoms with Gasteiger partial charge in [-0.1, -0.05) is 30.3 Å². The van der Waals surface area contributed by atoms with Crippen LogP contribution in [-0.4, -0.2) is 107 Å². The lowest BCUT2D eigenvalue weighted by atomic mass is 9.71. The number of amides is 3. The third-order valence-corrected chi connectivity index (χ3v) is 13.6. The van der Waals surface area contributed by atoms with E-state index in [4.69, 9.17) is 4.74 Å². The Kier molecular flexibility index (Phi) is 10.9. The van der Waals surface area contributed by atoms with E-state index >= 15 is 8.78 Å². The van der Waals surface area contributed by atoms with E-state index in [1.165, 1.54) is 12.1 Å². The molecule has 314 valence electrons. The molecule has 2 N–H and O–H groups in total. The zero-order valence-corrected chi connectivity index (χ0v) is 33.7. The number of para-hydroxylation sites is 2. The first-order chi connectivity index (χ1) is 29.1. The zero-order valence-electron chi connectivity index (χ0n) is 33.7. The summed E-state index contributed by atoms with van der Waals surface area (Å²) in [5.41, 5.74) is 1.44. The number of piperidine rings is 4. The van der Waals surface area contributed by atoms with E-state index in [2.05, 4.69) is 25.3 Å². The van der Waals surface area contributed by atoms with Gasteiger partial charge in [0.05, 0.1) is 23.5 Å². The lowest BCUT2D eigenvalue weighted by Gasteiger charge is -2.56. The van der Waals surface area contributed by atoms with Crippen LogP contribution >= 0.6 is 0 Å². The molecule has 9 rings (SSSR count). The van der Waals surface area contributed by atoms with Crippen LogP contribution in [0.4, 0.5) is 20.2 Å². The van der Waals surface area contributed by atoms with Crippen molar-refractivity contribution >= 4 is 29.1 Å². The number of nitrogens with one attached hydrogen (secondary N) is 1. The van der Waals surface area contributed by atoms with Crippen LogP contribution in [0.15, 0.2) is 79.0 Å². The number of nitrogens with zero attached hydrogens (tertiary/aromatic N) is 6. The SMILES string of the molecule is O=C1CC[C@H](c2c(F)cc(N3CCC(CN4CCC5(CC4)CN(C(=O)C4(Oc6ccccc6)CCN(c6cnnc(-c7ccccc7O)c6)CC4)C5)CC3)cc2F)C(=O)N1. The molecule has 1 aromatic heterocycles. The fourth-order valence-electron chi connectivity index (χ4n) is 10.1. The van der Waals surface area contributed by atoms with Crippen LogP contribution in [0.25, 0.3) is 11.3 Å². The van der Waals surface area contributed by atoms with Crippen molar-refractivity contribution < 1.29 is 33.0 Å². The van der Waals surface area contributed by atoms with Gasteiger partial charge in [0.1, 0.15) is 23.1 Å². The Balaban J connectivity index is 0.773. The van der Waals surface area contributed by atoms with Crippen molar-refractivity contribution in [3.63, 3.8) is 0 Å². The molecule has 1 atom stereocenters. The molecule has 3 amide bonds. The highest BCUT2D eigenvalue weighted by molar-refractivity contribution is 6.01. The maximum Gasteiger partial charge on any atom is 0.266 e. The van der Waals surface area contributed by atoms with Gasteiger partial charge < -0.3 is 29.4 Å². The molecule has 4 aromatic rings. The number of likely N-dealkylation sites (tertiary alicyclic amines) is 2. The first-order valence-electron chi connectivity index (χ1n) is 21.3. The van der Waals surface area contributed by atoms with Gasteiger partial charge in [0.15, 0.2) is 5.60 Å². The lowest BCUT2D eigenvalue weighted by Crippen LogP contribution is -2.68. The zero-order chi connectivity index (χ0) is 41.4. The number of hydrogen-bond acceptors (Lipinski definition) is 10. The number of hydrogen-bond donors (Lipinski definition) is 2. The number of ether oxygens (including phenoxy) is 1. The van der Waals surface area contributed by atoms with Crippen molar-refractivity contribution in [3.05, 3.63) is 96.2 Å². The summed E-state index contributed by atoms with van der Waals surface area (Å²) >= 11 is 0. The average Bonchev–Trinajstić information content (AvgIpc) is 3.24. The normalized spacial score (nSPS) is 22.0. The molecule has 0 unspecified atom stereocenters. The van der Waals surface area contributed by atoms with Gasteiger partial charge in [0.2, 0.25) is 11.8 Å². The van der Waals surface area contributed by atoms with Crippen molar-refractivity contribution in [1.29, 1.82) is 0 Å². The summed E-state index contributed by atoms with van der Waals surface area (Å²) in [6, 6.07) is 21.3. The summed E-state index contributed by atoms with van der Waals surface area (Å²) in [5.74, 6) is -2.21. The molecule has 5 saturated heterocycles. The number of carbonyl (C=O) groups is 3. The predicted molar refractivity (Wildman–Crippen MR) is 221 cm³/mol. The summed E-state index contributed by atoms with van der Waals surface area (Å²) in [6.45, 7) is 6.98. The molecular formula is C46H51F2N7O5. The van der Waals surface area contributed by atoms with E-state index in [1.54, 1.807) is 18.3 Å². The number of phenols is 1. The number of aromatic nitrogens is 2. The maximum absolute atomic E-state index is 15.2. The number of phenolic OH excluding ortho intramolecular Hbond substituents is 1. The van der Waals surface area contributed by atoms with Crippen LogP contribution in [0.5, 0.6) is 11.5 Å². The number of halogens is 2. The van der Waals surface area contributed by atoms with Crippen LogP contribution in [0.1, 0.15) is 62.8 Å². The van der Waals surface area contributed by atoms with E-state index in [-0.39, 0.29) is 35.5 Å². The Hall–Kier alpha value is -5.63. The minimum absolute atomic E-state index is 0.0546. The average molecular weight is 820 g/mol. The summed E-state index contributed by atoms with van der Waals surface area (Å²) in [6.07, 6.45) is 6.80. The van der Waals surface area contributed by atoms with Gasteiger partial charge in [0, 0.05) is 87.3 Å². The van der Waals surface area contributed by atoms with Crippen molar-refractivity contribution in [2.24, 2.45) is 11.3 Å². The molecule has 5 aliphatic heterocycles. The number of anilines is 2. The highest BCUT2D eigenvalue weighted by Crippen LogP contribution is 2.44. The molecular weight excluding hydrogens is 769 g/mol. The molecule has 5 fully saturated rings. The van der Waals surface area contributed by atoms with Crippen LogP contribution in [0.2, 0.25) is 0 Å².